The van der Waals surface area contributed by atoms with Crippen LogP contribution in [-0.4, -0.2) is 0 Å². The first-order valence-corrected chi connectivity index (χ1v) is 6.37. The zero-order valence-corrected chi connectivity index (χ0v) is 10.8. The van der Waals surface area contributed by atoms with Crippen molar-refractivity contribution in [1.82, 2.24) is 0 Å². The normalized spacial score (nSPS) is 12.8. The Kier molecular flexibility index (Phi) is 3.53. The SMILES string of the molecule is Cc1cc(C(Cl)c2ccccc2F)sc1Cl. The molecule has 0 fully saturated rings. The highest BCUT2D eigenvalue weighted by molar-refractivity contribution is 7.16. The minimum atomic E-state index is -0.475. The lowest BCUT2D eigenvalue weighted by atomic mass is 10.1. The molecule has 1 aromatic heterocycles. The summed E-state index contributed by atoms with van der Waals surface area (Å²) in [5.41, 5.74) is 1.46. The Balaban J connectivity index is 2.39. The zero-order valence-electron chi connectivity index (χ0n) is 8.51. The van der Waals surface area contributed by atoms with Crippen LogP contribution in [0.25, 0.3) is 0 Å². The molecule has 84 valence electrons. The molecule has 0 aliphatic carbocycles. The topological polar surface area (TPSA) is 0 Å². The predicted octanol–water partition coefficient (Wildman–Crippen LogP) is 5.18. The summed E-state index contributed by atoms with van der Waals surface area (Å²) in [5, 5.41) is -0.475. The van der Waals surface area contributed by atoms with Gasteiger partial charge < -0.3 is 0 Å². The summed E-state index contributed by atoms with van der Waals surface area (Å²) in [6, 6.07) is 8.42. The number of aryl methyl sites for hydroxylation is 1. The van der Waals surface area contributed by atoms with Crippen molar-refractivity contribution in [3.05, 3.63) is 56.5 Å². The van der Waals surface area contributed by atoms with Gasteiger partial charge in [0.05, 0.1) is 9.71 Å². The first kappa shape index (κ1) is 11.9. The maximum absolute atomic E-state index is 13.5. The van der Waals surface area contributed by atoms with Crippen LogP contribution >= 0.6 is 34.5 Å². The van der Waals surface area contributed by atoms with E-state index in [4.69, 9.17) is 23.2 Å². The van der Waals surface area contributed by atoms with Crippen molar-refractivity contribution in [2.45, 2.75) is 12.3 Å². The van der Waals surface area contributed by atoms with Crippen molar-refractivity contribution < 1.29 is 4.39 Å². The molecule has 16 heavy (non-hydrogen) atoms. The number of halogens is 3. The van der Waals surface area contributed by atoms with E-state index in [-0.39, 0.29) is 5.82 Å². The van der Waals surface area contributed by atoms with E-state index in [0.717, 1.165) is 10.4 Å². The number of thiophene rings is 1. The summed E-state index contributed by atoms with van der Waals surface area (Å²) in [5.74, 6) is -0.287. The van der Waals surface area contributed by atoms with Crippen LogP contribution in [0, 0.1) is 12.7 Å². The molecule has 0 spiro atoms. The Morgan fingerprint density at radius 3 is 2.56 bits per heavy atom. The molecule has 0 radical (unpaired) electrons. The van der Waals surface area contributed by atoms with Crippen LogP contribution in [-0.2, 0) is 0 Å². The molecular formula is C12H9Cl2FS. The summed E-state index contributed by atoms with van der Waals surface area (Å²) >= 11 is 13.6. The van der Waals surface area contributed by atoms with E-state index in [1.54, 1.807) is 18.2 Å². The largest absolute Gasteiger partial charge is 0.207 e. The van der Waals surface area contributed by atoms with E-state index < -0.39 is 5.38 Å². The van der Waals surface area contributed by atoms with E-state index in [9.17, 15) is 4.39 Å². The van der Waals surface area contributed by atoms with Crippen molar-refractivity contribution in [2.24, 2.45) is 0 Å². The number of benzene rings is 1. The number of hydrogen-bond donors (Lipinski definition) is 0. The molecule has 0 nitrogen and oxygen atoms in total. The Morgan fingerprint density at radius 2 is 2.00 bits per heavy atom. The molecule has 4 heteroatoms. The molecule has 0 saturated heterocycles. The molecule has 0 aliphatic heterocycles. The lowest BCUT2D eigenvalue weighted by molar-refractivity contribution is 0.613. The van der Waals surface area contributed by atoms with Gasteiger partial charge in [0.1, 0.15) is 5.82 Å². The Labute approximate surface area is 108 Å². The maximum Gasteiger partial charge on any atom is 0.128 e. The standard InChI is InChI=1S/C12H9Cl2FS/c1-7-6-10(16-12(7)14)11(13)8-4-2-3-5-9(8)15/h2-6,11H,1H3. The molecule has 0 saturated carbocycles. The lowest BCUT2D eigenvalue weighted by Crippen LogP contribution is -1.93. The van der Waals surface area contributed by atoms with Gasteiger partial charge in [0.25, 0.3) is 0 Å². The van der Waals surface area contributed by atoms with Gasteiger partial charge in [0.15, 0.2) is 0 Å². The van der Waals surface area contributed by atoms with Crippen molar-refractivity contribution in [1.29, 1.82) is 0 Å². The zero-order chi connectivity index (χ0) is 11.7. The molecule has 0 amide bonds. The number of hydrogen-bond acceptors (Lipinski definition) is 1. The van der Waals surface area contributed by atoms with Gasteiger partial charge >= 0.3 is 0 Å². The minimum absolute atomic E-state index is 0.287. The number of alkyl halides is 1. The van der Waals surface area contributed by atoms with Crippen LogP contribution in [0.2, 0.25) is 4.34 Å². The van der Waals surface area contributed by atoms with Crippen LogP contribution in [0.3, 0.4) is 0 Å². The van der Waals surface area contributed by atoms with E-state index in [1.165, 1.54) is 17.4 Å². The fourth-order valence-corrected chi connectivity index (χ4v) is 3.03. The highest BCUT2D eigenvalue weighted by Crippen LogP contribution is 2.38. The van der Waals surface area contributed by atoms with Crippen molar-refractivity contribution in [2.75, 3.05) is 0 Å². The van der Waals surface area contributed by atoms with Crippen LogP contribution in [0.4, 0.5) is 4.39 Å². The summed E-state index contributed by atoms with van der Waals surface area (Å²) in [4.78, 5) is 0.870. The van der Waals surface area contributed by atoms with Crippen LogP contribution < -0.4 is 0 Å². The molecule has 0 bridgehead atoms. The molecular weight excluding hydrogens is 266 g/mol. The third kappa shape index (κ3) is 2.24. The third-order valence-corrected chi connectivity index (χ3v) is 4.52. The van der Waals surface area contributed by atoms with Gasteiger partial charge in [0.2, 0.25) is 0 Å². The summed E-state index contributed by atoms with van der Waals surface area (Å²) in [6.45, 7) is 1.91. The molecule has 2 rings (SSSR count). The predicted molar refractivity (Wildman–Crippen MR) is 68.2 cm³/mol. The third-order valence-electron chi connectivity index (χ3n) is 2.30. The van der Waals surface area contributed by atoms with E-state index >= 15 is 0 Å². The van der Waals surface area contributed by atoms with E-state index in [0.29, 0.717) is 9.90 Å². The van der Waals surface area contributed by atoms with Gasteiger partial charge in [-0.15, -0.1) is 22.9 Å². The Bertz CT molecular complexity index is 488. The highest BCUT2D eigenvalue weighted by atomic mass is 35.5. The number of rotatable bonds is 2. The van der Waals surface area contributed by atoms with Gasteiger partial charge in [-0.05, 0) is 24.6 Å². The van der Waals surface area contributed by atoms with Crippen molar-refractivity contribution in [3.8, 4) is 0 Å². The Morgan fingerprint density at radius 1 is 1.31 bits per heavy atom. The van der Waals surface area contributed by atoms with Crippen molar-refractivity contribution in [3.63, 3.8) is 0 Å². The lowest BCUT2D eigenvalue weighted by Gasteiger charge is -2.08. The van der Waals surface area contributed by atoms with Gasteiger partial charge in [-0.3, -0.25) is 0 Å². The van der Waals surface area contributed by atoms with Crippen LogP contribution in [0.15, 0.2) is 30.3 Å². The molecule has 1 heterocycles. The first-order chi connectivity index (χ1) is 7.59. The molecule has 1 atom stereocenters. The average molecular weight is 275 g/mol. The van der Waals surface area contributed by atoms with Crippen LogP contribution in [0.5, 0.6) is 0 Å². The Hall–Kier alpha value is -0.570. The highest BCUT2D eigenvalue weighted by Gasteiger charge is 2.17. The average Bonchev–Trinajstić information content (AvgIpc) is 2.59. The molecule has 0 aliphatic rings. The first-order valence-electron chi connectivity index (χ1n) is 4.74. The monoisotopic (exact) mass is 274 g/mol. The quantitative estimate of drug-likeness (QED) is 0.663. The fraction of sp³-hybridized carbons (Fsp3) is 0.167. The molecule has 2 aromatic rings. The molecule has 0 N–H and O–H groups in total. The second kappa shape index (κ2) is 4.74. The smallest absolute Gasteiger partial charge is 0.128 e. The van der Waals surface area contributed by atoms with Gasteiger partial charge in [-0.1, -0.05) is 29.8 Å². The second-order valence-corrected chi connectivity index (χ2v) is 5.61. The van der Waals surface area contributed by atoms with Gasteiger partial charge in [-0.2, -0.15) is 0 Å². The second-order valence-electron chi connectivity index (χ2n) is 3.49. The maximum atomic E-state index is 13.5. The van der Waals surface area contributed by atoms with E-state index in [2.05, 4.69) is 0 Å². The fourth-order valence-electron chi connectivity index (χ4n) is 1.44. The summed E-state index contributed by atoms with van der Waals surface area (Å²) < 4.78 is 14.2. The van der Waals surface area contributed by atoms with Crippen molar-refractivity contribution >= 4 is 34.5 Å². The van der Waals surface area contributed by atoms with E-state index in [1.807, 2.05) is 13.0 Å². The summed E-state index contributed by atoms with van der Waals surface area (Å²) in [7, 11) is 0. The van der Waals surface area contributed by atoms with Gasteiger partial charge in [-0.25, -0.2) is 4.39 Å². The van der Waals surface area contributed by atoms with Crippen LogP contribution in [0.1, 0.15) is 21.4 Å². The minimum Gasteiger partial charge on any atom is -0.207 e. The molecule has 1 unspecified atom stereocenters. The van der Waals surface area contributed by atoms with Gasteiger partial charge in [0, 0.05) is 10.4 Å². The molecule has 1 aromatic carbocycles. The summed E-state index contributed by atoms with van der Waals surface area (Å²) in [6.07, 6.45) is 0.